The molecule has 0 atom stereocenters. The summed E-state index contributed by atoms with van der Waals surface area (Å²) < 4.78 is 2.22. The van der Waals surface area contributed by atoms with Gasteiger partial charge in [0.05, 0.1) is 10.7 Å². The Morgan fingerprint density at radius 3 is 2.81 bits per heavy atom. The zero-order valence-electron chi connectivity index (χ0n) is 8.94. The molecule has 16 heavy (non-hydrogen) atoms. The maximum absolute atomic E-state index is 12.1. The number of carbonyl (C=O) groups excluding carboxylic acids is 1. The van der Waals surface area contributed by atoms with Gasteiger partial charge in [-0.3, -0.25) is 14.5 Å². The predicted molar refractivity (Wildman–Crippen MR) is 63.3 cm³/mol. The van der Waals surface area contributed by atoms with Gasteiger partial charge in [0.1, 0.15) is 11.4 Å². The summed E-state index contributed by atoms with van der Waals surface area (Å²) >= 11 is 3.30. The van der Waals surface area contributed by atoms with Crippen LogP contribution in [0.15, 0.2) is 29.0 Å². The molecule has 0 spiro atoms. The monoisotopic (exact) mass is 279 g/mol. The number of halogens is 1. The molecule has 2 aromatic heterocycles. The van der Waals surface area contributed by atoms with Crippen LogP contribution in [0.1, 0.15) is 21.7 Å². The van der Waals surface area contributed by atoms with Gasteiger partial charge in [-0.2, -0.15) is 5.10 Å². The van der Waals surface area contributed by atoms with E-state index >= 15 is 0 Å². The minimum Gasteiger partial charge on any atom is -0.285 e. The van der Waals surface area contributed by atoms with Crippen molar-refractivity contribution in [1.29, 1.82) is 0 Å². The van der Waals surface area contributed by atoms with E-state index in [0.29, 0.717) is 15.9 Å². The highest BCUT2D eigenvalue weighted by atomic mass is 79.9. The fraction of sp³-hybridized carbons (Fsp3) is 0.182. The minimum absolute atomic E-state index is 0.129. The van der Waals surface area contributed by atoms with Crippen LogP contribution in [0.5, 0.6) is 0 Å². The summed E-state index contributed by atoms with van der Waals surface area (Å²) in [6.07, 6.45) is 3.23. The average molecular weight is 280 g/mol. The van der Waals surface area contributed by atoms with Crippen molar-refractivity contribution in [3.8, 4) is 0 Å². The van der Waals surface area contributed by atoms with E-state index in [-0.39, 0.29) is 5.78 Å². The Kier molecular flexibility index (Phi) is 2.87. The lowest BCUT2D eigenvalue weighted by Gasteiger charge is -2.02. The molecule has 0 N–H and O–H groups in total. The summed E-state index contributed by atoms with van der Waals surface area (Å²) in [4.78, 5) is 16.2. The highest BCUT2D eigenvalue weighted by Gasteiger charge is 2.18. The average Bonchev–Trinajstić information content (AvgIpc) is 2.58. The molecule has 2 aromatic rings. The lowest BCUT2D eigenvalue weighted by Crippen LogP contribution is -2.10. The molecule has 0 saturated heterocycles. The molecule has 0 aliphatic rings. The molecule has 0 amide bonds. The molecule has 0 saturated carbocycles. The van der Waals surface area contributed by atoms with Crippen LogP contribution in [0.2, 0.25) is 0 Å². The zero-order chi connectivity index (χ0) is 11.7. The first kappa shape index (κ1) is 11.0. The van der Waals surface area contributed by atoms with Crippen LogP contribution in [-0.4, -0.2) is 20.5 Å². The van der Waals surface area contributed by atoms with Crippen LogP contribution >= 0.6 is 15.9 Å². The van der Waals surface area contributed by atoms with E-state index < -0.39 is 0 Å². The predicted octanol–water partition coefficient (Wildman–Crippen LogP) is 2.12. The number of nitrogens with zero attached hydrogens (tertiary/aromatic N) is 3. The van der Waals surface area contributed by atoms with Gasteiger partial charge in [-0.25, -0.2) is 0 Å². The number of aryl methyl sites for hydroxylation is 2. The van der Waals surface area contributed by atoms with Crippen molar-refractivity contribution in [3.63, 3.8) is 0 Å². The number of aromatic nitrogens is 3. The third kappa shape index (κ3) is 1.90. The van der Waals surface area contributed by atoms with Crippen LogP contribution in [0.3, 0.4) is 0 Å². The minimum atomic E-state index is -0.129. The molecule has 0 radical (unpaired) electrons. The summed E-state index contributed by atoms with van der Waals surface area (Å²) in [5.41, 5.74) is 1.96. The van der Waals surface area contributed by atoms with Crippen LogP contribution in [-0.2, 0) is 7.05 Å². The van der Waals surface area contributed by atoms with Crippen molar-refractivity contribution in [1.82, 2.24) is 14.8 Å². The van der Waals surface area contributed by atoms with Gasteiger partial charge in [-0.15, -0.1) is 0 Å². The Labute approximate surface area is 101 Å². The Balaban J connectivity index is 2.47. The Morgan fingerprint density at radius 1 is 1.50 bits per heavy atom. The van der Waals surface area contributed by atoms with Gasteiger partial charge in [0.15, 0.2) is 0 Å². The second-order valence-electron chi connectivity index (χ2n) is 3.51. The smallest absolute Gasteiger partial charge is 0.230 e. The highest BCUT2D eigenvalue weighted by Crippen LogP contribution is 2.18. The Bertz CT molecular complexity index is 528. The van der Waals surface area contributed by atoms with E-state index in [4.69, 9.17) is 0 Å². The van der Waals surface area contributed by atoms with Crippen molar-refractivity contribution in [2.75, 3.05) is 0 Å². The van der Waals surface area contributed by atoms with Crippen molar-refractivity contribution in [2.24, 2.45) is 7.05 Å². The van der Waals surface area contributed by atoms with E-state index in [1.165, 1.54) is 4.68 Å². The van der Waals surface area contributed by atoms with Gasteiger partial charge in [-0.1, -0.05) is 0 Å². The standard InChI is InChI=1S/C11H10BrN3O/c1-7-3-4-13-9(5-7)11(16)10-8(12)6-14-15(10)2/h3-6H,1-2H3. The summed E-state index contributed by atoms with van der Waals surface area (Å²) in [5, 5.41) is 4.01. The van der Waals surface area contributed by atoms with Crippen molar-refractivity contribution in [2.45, 2.75) is 6.92 Å². The molecule has 4 nitrogen and oxygen atoms in total. The number of rotatable bonds is 2. The Morgan fingerprint density at radius 2 is 2.25 bits per heavy atom. The number of pyridine rings is 1. The van der Waals surface area contributed by atoms with Crippen LogP contribution in [0, 0.1) is 6.92 Å². The first-order valence-corrected chi connectivity index (χ1v) is 5.53. The third-order valence-electron chi connectivity index (χ3n) is 2.26. The summed E-state index contributed by atoms with van der Waals surface area (Å²) in [6.45, 7) is 1.93. The van der Waals surface area contributed by atoms with Gasteiger partial charge >= 0.3 is 0 Å². The fourth-order valence-corrected chi connectivity index (χ4v) is 1.98. The van der Waals surface area contributed by atoms with Gasteiger partial charge < -0.3 is 0 Å². The van der Waals surface area contributed by atoms with E-state index in [0.717, 1.165) is 5.56 Å². The molecule has 5 heteroatoms. The molecule has 2 heterocycles. The van der Waals surface area contributed by atoms with Gasteiger partial charge in [0.2, 0.25) is 5.78 Å². The van der Waals surface area contributed by atoms with E-state index in [9.17, 15) is 4.79 Å². The second kappa shape index (κ2) is 4.17. The summed E-state index contributed by atoms with van der Waals surface area (Å²) in [7, 11) is 1.73. The van der Waals surface area contributed by atoms with Crippen LogP contribution in [0.25, 0.3) is 0 Å². The number of hydrogen-bond acceptors (Lipinski definition) is 3. The van der Waals surface area contributed by atoms with E-state index in [2.05, 4.69) is 26.0 Å². The van der Waals surface area contributed by atoms with Gasteiger partial charge in [0.25, 0.3) is 0 Å². The number of carbonyl (C=O) groups is 1. The fourth-order valence-electron chi connectivity index (χ4n) is 1.45. The number of hydrogen-bond donors (Lipinski definition) is 0. The molecule has 0 fully saturated rings. The van der Waals surface area contributed by atoms with Gasteiger partial charge in [-0.05, 0) is 40.5 Å². The van der Waals surface area contributed by atoms with Gasteiger partial charge in [0, 0.05) is 13.2 Å². The molecule has 0 aliphatic carbocycles. The van der Waals surface area contributed by atoms with Crippen molar-refractivity contribution < 1.29 is 4.79 Å². The molecule has 0 aromatic carbocycles. The van der Waals surface area contributed by atoms with E-state index in [1.54, 1.807) is 25.5 Å². The van der Waals surface area contributed by atoms with Crippen LogP contribution in [0.4, 0.5) is 0 Å². The molecule has 0 unspecified atom stereocenters. The quantitative estimate of drug-likeness (QED) is 0.792. The maximum atomic E-state index is 12.1. The van der Waals surface area contributed by atoms with Crippen molar-refractivity contribution >= 4 is 21.7 Å². The molecular formula is C11H10BrN3O. The molecule has 0 bridgehead atoms. The van der Waals surface area contributed by atoms with Crippen LogP contribution < -0.4 is 0 Å². The molecular weight excluding hydrogens is 270 g/mol. The number of ketones is 1. The zero-order valence-corrected chi connectivity index (χ0v) is 10.5. The summed E-state index contributed by atoms with van der Waals surface area (Å²) in [6, 6.07) is 3.62. The largest absolute Gasteiger partial charge is 0.285 e. The SMILES string of the molecule is Cc1ccnc(C(=O)c2c(Br)cnn2C)c1. The normalized spacial score (nSPS) is 10.4. The van der Waals surface area contributed by atoms with E-state index in [1.807, 2.05) is 13.0 Å². The Hall–Kier alpha value is -1.49. The lowest BCUT2D eigenvalue weighted by molar-refractivity contribution is 0.102. The highest BCUT2D eigenvalue weighted by molar-refractivity contribution is 9.10. The van der Waals surface area contributed by atoms with Crippen molar-refractivity contribution in [3.05, 3.63) is 46.0 Å². The molecule has 0 aliphatic heterocycles. The summed E-state index contributed by atoms with van der Waals surface area (Å²) in [5.74, 6) is -0.129. The second-order valence-corrected chi connectivity index (χ2v) is 4.37. The molecule has 82 valence electrons. The maximum Gasteiger partial charge on any atom is 0.230 e. The first-order chi connectivity index (χ1) is 7.59. The topological polar surface area (TPSA) is 47.8 Å². The first-order valence-electron chi connectivity index (χ1n) is 4.74. The molecule has 2 rings (SSSR count). The third-order valence-corrected chi connectivity index (χ3v) is 2.84. The lowest BCUT2D eigenvalue weighted by atomic mass is 10.1.